The molecule has 0 fully saturated rings. The Morgan fingerprint density at radius 2 is 1.73 bits per heavy atom. The van der Waals surface area contributed by atoms with Gasteiger partial charge in [-0.25, -0.2) is 8.42 Å². The highest BCUT2D eigenvalue weighted by Crippen LogP contribution is 2.31. The van der Waals surface area contributed by atoms with Crippen LogP contribution in [-0.4, -0.2) is 27.1 Å². The molecular formula is C21H23F3N2O3S. The number of hydrogen-bond donors (Lipinski definition) is 1. The number of alkyl halides is 3. The van der Waals surface area contributed by atoms with E-state index in [0.29, 0.717) is 0 Å². The molecule has 0 unspecified atom stereocenters. The van der Waals surface area contributed by atoms with Crippen molar-refractivity contribution in [2.75, 3.05) is 17.1 Å². The normalized spacial score (nSPS) is 14.8. The van der Waals surface area contributed by atoms with E-state index in [1.807, 2.05) is 12.1 Å². The first kappa shape index (κ1) is 22.1. The summed E-state index contributed by atoms with van der Waals surface area (Å²) in [5, 5.41) is 2.77. The predicted octanol–water partition coefficient (Wildman–Crippen LogP) is 3.84. The van der Waals surface area contributed by atoms with Crippen molar-refractivity contribution in [3.05, 3.63) is 64.7 Å². The number of halogens is 3. The molecule has 9 heteroatoms. The topological polar surface area (TPSA) is 66.5 Å². The van der Waals surface area contributed by atoms with Gasteiger partial charge in [0.25, 0.3) is 0 Å². The molecule has 0 saturated carbocycles. The molecule has 2 aromatic carbocycles. The molecule has 1 atom stereocenters. The standard InChI is InChI=1S/C21H23F3N2O3S/c1-14(16-7-6-15-4-3-5-17(15)12-16)25-20(27)13-26(30(2,28)29)19-10-8-18(9-11-19)21(22,23)24/h6-12,14H,3-5,13H2,1-2H3,(H,25,27)/t14-/m1/s1. The lowest BCUT2D eigenvalue weighted by molar-refractivity contribution is -0.137. The number of aryl methyl sites for hydroxylation is 2. The van der Waals surface area contributed by atoms with Crippen LogP contribution in [0.15, 0.2) is 42.5 Å². The molecule has 1 N–H and O–H groups in total. The number of rotatable bonds is 6. The maximum absolute atomic E-state index is 12.8. The molecule has 0 aromatic heterocycles. The smallest absolute Gasteiger partial charge is 0.348 e. The highest BCUT2D eigenvalue weighted by molar-refractivity contribution is 7.92. The Hall–Kier alpha value is -2.55. The molecule has 1 amide bonds. The molecule has 0 saturated heterocycles. The first-order valence-electron chi connectivity index (χ1n) is 9.51. The fraction of sp³-hybridized carbons (Fsp3) is 0.381. The number of carbonyl (C=O) groups excluding carboxylic acids is 1. The second-order valence-electron chi connectivity index (χ2n) is 7.49. The van der Waals surface area contributed by atoms with Gasteiger partial charge in [-0.05, 0) is 67.1 Å². The minimum atomic E-state index is -4.53. The molecule has 0 bridgehead atoms. The summed E-state index contributed by atoms with van der Waals surface area (Å²) in [7, 11) is -3.88. The van der Waals surface area contributed by atoms with Gasteiger partial charge in [-0.1, -0.05) is 18.2 Å². The number of benzene rings is 2. The van der Waals surface area contributed by atoms with E-state index < -0.39 is 34.2 Å². The highest BCUT2D eigenvalue weighted by Gasteiger charge is 2.31. The largest absolute Gasteiger partial charge is 0.416 e. The Morgan fingerprint density at radius 1 is 1.10 bits per heavy atom. The number of nitrogens with one attached hydrogen (secondary N) is 1. The monoisotopic (exact) mass is 440 g/mol. The minimum absolute atomic E-state index is 0.00849. The van der Waals surface area contributed by atoms with Crippen molar-refractivity contribution < 1.29 is 26.4 Å². The van der Waals surface area contributed by atoms with Crippen molar-refractivity contribution in [3.63, 3.8) is 0 Å². The lowest BCUT2D eigenvalue weighted by Crippen LogP contribution is -2.41. The van der Waals surface area contributed by atoms with Gasteiger partial charge in [0.05, 0.1) is 23.5 Å². The van der Waals surface area contributed by atoms with Gasteiger partial charge in [-0.2, -0.15) is 13.2 Å². The van der Waals surface area contributed by atoms with E-state index >= 15 is 0 Å². The Kier molecular flexibility index (Phi) is 6.12. The van der Waals surface area contributed by atoms with E-state index in [4.69, 9.17) is 0 Å². The van der Waals surface area contributed by atoms with Gasteiger partial charge in [0.1, 0.15) is 6.54 Å². The third kappa shape index (κ3) is 5.13. The van der Waals surface area contributed by atoms with Gasteiger partial charge >= 0.3 is 6.18 Å². The maximum atomic E-state index is 12.8. The average molecular weight is 440 g/mol. The van der Waals surface area contributed by atoms with Crippen molar-refractivity contribution >= 4 is 21.6 Å². The van der Waals surface area contributed by atoms with Crippen molar-refractivity contribution in [3.8, 4) is 0 Å². The molecule has 30 heavy (non-hydrogen) atoms. The van der Waals surface area contributed by atoms with E-state index in [-0.39, 0.29) is 11.7 Å². The molecule has 0 radical (unpaired) electrons. The second kappa shape index (κ2) is 8.29. The number of fused-ring (bicyclic) bond motifs is 1. The van der Waals surface area contributed by atoms with Crippen LogP contribution in [0, 0.1) is 0 Å². The van der Waals surface area contributed by atoms with E-state index in [0.717, 1.165) is 59.7 Å². The third-order valence-electron chi connectivity index (χ3n) is 5.17. The molecule has 162 valence electrons. The van der Waals surface area contributed by atoms with Crippen LogP contribution >= 0.6 is 0 Å². The zero-order chi connectivity index (χ0) is 22.1. The molecule has 1 aliphatic carbocycles. The van der Waals surface area contributed by atoms with Gasteiger partial charge in [-0.15, -0.1) is 0 Å². The number of carbonyl (C=O) groups is 1. The van der Waals surface area contributed by atoms with Crippen LogP contribution in [0.2, 0.25) is 0 Å². The summed E-state index contributed by atoms with van der Waals surface area (Å²) >= 11 is 0. The third-order valence-corrected chi connectivity index (χ3v) is 6.31. The molecule has 0 spiro atoms. The summed E-state index contributed by atoms with van der Waals surface area (Å²) in [5.74, 6) is -0.548. The van der Waals surface area contributed by atoms with E-state index in [2.05, 4.69) is 11.4 Å². The lowest BCUT2D eigenvalue weighted by Gasteiger charge is -2.24. The molecule has 2 aromatic rings. The molecule has 5 nitrogen and oxygen atoms in total. The summed E-state index contributed by atoms with van der Waals surface area (Å²) in [5.41, 5.74) is 2.59. The Balaban J connectivity index is 1.73. The van der Waals surface area contributed by atoms with E-state index in [1.165, 1.54) is 11.1 Å². The van der Waals surface area contributed by atoms with Gasteiger partial charge in [0.15, 0.2) is 0 Å². The van der Waals surface area contributed by atoms with Crippen LogP contribution in [0.3, 0.4) is 0 Å². The fourth-order valence-corrected chi connectivity index (χ4v) is 4.44. The summed E-state index contributed by atoms with van der Waals surface area (Å²) in [4.78, 5) is 12.5. The van der Waals surface area contributed by atoms with Gasteiger partial charge in [0.2, 0.25) is 15.9 Å². The summed E-state index contributed by atoms with van der Waals surface area (Å²) in [6, 6.07) is 9.37. The number of amides is 1. The Bertz CT molecular complexity index is 1030. The maximum Gasteiger partial charge on any atom is 0.416 e. The molecule has 0 aliphatic heterocycles. The van der Waals surface area contributed by atoms with E-state index in [1.54, 1.807) is 6.92 Å². The average Bonchev–Trinajstić information content (AvgIpc) is 3.12. The van der Waals surface area contributed by atoms with Crippen LogP contribution in [0.4, 0.5) is 18.9 Å². The van der Waals surface area contributed by atoms with Crippen LogP contribution in [0.1, 0.15) is 41.6 Å². The molecule has 3 rings (SSSR count). The van der Waals surface area contributed by atoms with Crippen molar-refractivity contribution in [1.82, 2.24) is 5.32 Å². The predicted molar refractivity (Wildman–Crippen MR) is 109 cm³/mol. The highest BCUT2D eigenvalue weighted by atomic mass is 32.2. The minimum Gasteiger partial charge on any atom is -0.348 e. The van der Waals surface area contributed by atoms with Crippen molar-refractivity contribution in [1.29, 1.82) is 0 Å². The second-order valence-corrected chi connectivity index (χ2v) is 9.39. The first-order chi connectivity index (χ1) is 13.9. The summed E-state index contributed by atoms with van der Waals surface area (Å²) in [6.07, 6.45) is -0.471. The SMILES string of the molecule is C[C@@H](NC(=O)CN(c1ccc(C(F)(F)F)cc1)S(C)(=O)=O)c1ccc2c(c1)CCC2. The number of sulfonamides is 1. The molecular weight excluding hydrogens is 417 g/mol. The first-order valence-corrected chi connectivity index (χ1v) is 11.4. The van der Waals surface area contributed by atoms with Crippen molar-refractivity contribution in [2.24, 2.45) is 0 Å². The number of anilines is 1. The Morgan fingerprint density at radius 3 is 2.33 bits per heavy atom. The fourth-order valence-electron chi connectivity index (χ4n) is 3.58. The molecule has 1 aliphatic rings. The van der Waals surface area contributed by atoms with Crippen LogP contribution in [0.25, 0.3) is 0 Å². The number of hydrogen-bond acceptors (Lipinski definition) is 3. The zero-order valence-electron chi connectivity index (χ0n) is 16.7. The quantitative estimate of drug-likeness (QED) is 0.742. The van der Waals surface area contributed by atoms with Gasteiger partial charge in [-0.3, -0.25) is 9.10 Å². The van der Waals surface area contributed by atoms with Crippen LogP contribution in [0.5, 0.6) is 0 Å². The van der Waals surface area contributed by atoms with Crippen LogP contribution in [-0.2, 0) is 33.8 Å². The Labute approximate surface area is 173 Å². The van der Waals surface area contributed by atoms with E-state index in [9.17, 15) is 26.4 Å². The van der Waals surface area contributed by atoms with Crippen molar-refractivity contribution in [2.45, 2.75) is 38.4 Å². The molecule has 0 heterocycles. The van der Waals surface area contributed by atoms with Gasteiger partial charge in [0, 0.05) is 0 Å². The summed E-state index contributed by atoms with van der Waals surface area (Å²) in [6.45, 7) is 1.27. The van der Waals surface area contributed by atoms with Gasteiger partial charge < -0.3 is 5.32 Å². The zero-order valence-corrected chi connectivity index (χ0v) is 17.5. The number of nitrogens with zero attached hydrogens (tertiary/aromatic N) is 1. The summed E-state index contributed by atoms with van der Waals surface area (Å²) < 4.78 is 63.4. The lowest BCUT2D eigenvalue weighted by atomic mass is 10.0. The van der Waals surface area contributed by atoms with Crippen LogP contribution < -0.4 is 9.62 Å².